The molecule has 2 N–H and O–H groups in total. The number of ether oxygens (including phenoxy) is 3. The van der Waals surface area contributed by atoms with Gasteiger partial charge in [-0.2, -0.15) is 0 Å². The second-order valence-corrected chi connectivity index (χ2v) is 6.71. The van der Waals surface area contributed by atoms with Crippen molar-refractivity contribution >= 4 is 23.2 Å². The molecule has 3 rings (SSSR count). The van der Waals surface area contributed by atoms with Crippen molar-refractivity contribution < 1.29 is 19.0 Å². The largest absolute Gasteiger partial charge is 0.490 e. The van der Waals surface area contributed by atoms with E-state index in [0.717, 1.165) is 25.2 Å². The summed E-state index contributed by atoms with van der Waals surface area (Å²) in [5.41, 5.74) is 0.420. The van der Waals surface area contributed by atoms with Gasteiger partial charge in [-0.05, 0) is 49.3 Å². The Bertz CT molecular complexity index is 779. The van der Waals surface area contributed by atoms with Crippen LogP contribution in [0.5, 0.6) is 11.5 Å². The Labute approximate surface area is 170 Å². The first kappa shape index (κ1) is 20.1. The second-order valence-electron chi connectivity index (χ2n) is 6.31. The molecule has 1 atom stereocenters. The molecule has 28 heavy (non-hydrogen) atoms. The van der Waals surface area contributed by atoms with E-state index in [2.05, 4.69) is 10.6 Å². The van der Waals surface area contributed by atoms with Crippen LogP contribution >= 0.6 is 12.2 Å². The van der Waals surface area contributed by atoms with Gasteiger partial charge in [-0.3, -0.25) is 10.1 Å². The Morgan fingerprint density at radius 1 is 1.07 bits per heavy atom. The predicted octanol–water partition coefficient (Wildman–Crippen LogP) is 2.93. The highest BCUT2D eigenvalue weighted by Crippen LogP contribution is 2.18. The fourth-order valence-electron chi connectivity index (χ4n) is 2.83. The van der Waals surface area contributed by atoms with Crippen molar-refractivity contribution in [3.8, 4) is 11.5 Å². The van der Waals surface area contributed by atoms with E-state index in [1.165, 1.54) is 0 Å². The molecule has 1 fully saturated rings. The van der Waals surface area contributed by atoms with Gasteiger partial charge < -0.3 is 19.5 Å². The number of nitrogens with one attached hydrogen (secondary N) is 2. The molecule has 0 aromatic heterocycles. The molecule has 148 valence electrons. The molecule has 2 aromatic carbocycles. The van der Waals surface area contributed by atoms with Gasteiger partial charge >= 0.3 is 0 Å². The lowest BCUT2D eigenvalue weighted by Gasteiger charge is -2.15. The maximum absolute atomic E-state index is 12.5. The van der Waals surface area contributed by atoms with E-state index in [0.29, 0.717) is 31.1 Å². The van der Waals surface area contributed by atoms with Gasteiger partial charge in [-0.25, -0.2) is 0 Å². The SMILES string of the molecule is O=C(NC(=S)NC[C@H]1CCCO1)c1ccccc1OCCOc1ccccc1. The zero-order valence-electron chi connectivity index (χ0n) is 15.6. The Balaban J connectivity index is 1.46. The number of amides is 1. The van der Waals surface area contributed by atoms with Gasteiger partial charge in [0.25, 0.3) is 5.91 Å². The van der Waals surface area contributed by atoms with Crippen LogP contribution in [0.1, 0.15) is 23.2 Å². The summed E-state index contributed by atoms with van der Waals surface area (Å²) in [6.07, 6.45) is 2.21. The van der Waals surface area contributed by atoms with Crippen LogP contribution in [0.15, 0.2) is 54.6 Å². The van der Waals surface area contributed by atoms with Crippen molar-refractivity contribution in [1.82, 2.24) is 10.6 Å². The van der Waals surface area contributed by atoms with E-state index in [-0.39, 0.29) is 17.1 Å². The lowest BCUT2D eigenvalue weighted by atomic mass is 10.2. The fourth-order valence-corrected chi connectivity index (χ4v) is 3.01. The number of benzene rings is 2. The van der Waals surface area contributed by atoms with Gasteiger partial charge in [0.05, 0.1) is 11.7 Å². The highest BCUT2D eigenvalue weighted by molar-refractivity contribution is 7.80. The molecule has 0 bridgehead atoms. The van der Waals surface area contributed by atoms with Crippen molar-refractivity contribution in [3.63, 3.8) is 0 Å². The van der Waals surface area contributed by atoms with Crippen LogP contribution in [0.4, 0.5) is 0 Å². The van der Waals surface area contributed by atoms with Crippen LogP contribution in [0.3, 0.4) is 0 Å². The molecule has 1 saturated heterocycles. The summed E-state index contributed by atoms with van der Waals surface area (Å²) < 4.78 is 16.9. The monoisotopic (exact) mass is 400 g/mol. The second kappa shape index (κ2) is 10.6. The first-order valence-electron chi connectivity index (χ1n) is 9.33. The minimum Gasteiger partial charge on any atom is -0.490 e. The Kier molecular flexibility index (Phi) is 7.63. The van der Waals surface area contributed by atoms with Crippen molar-refractivity contribution in [3.05, 3.63) is 60.2 Å². The maximum Gasteiger partial charge on any atom is 0.261 e. The number of carbonyl (C=O) groups excluding carboxylic acids is 1. The smallest absolute Gasteiger partial charge is 0.261 e. The van der Waals surface area contributed by atoms with Gasteiger partial charge in [-0.1, -0.05) is 30.3 Å². The predicted molar refractivity (Wildman–Crippen MR) is 111 cm³/mol. The Morgan fingerprint density at radius 2 is 1.82 bits per heavy atom. The van der Waals surface area contributed by atoms with E-state index in [4.69, 9.17) is 26.4 Å². The molecule has 2 aromatic rings. The summed E-state index contributed by atoms with van der Waals surface area (Å²) in [6, 6.07) is 16.6. The number of rotatable bonds is 8. The van der Waals surface area contributed by atoms with E-state index < -0.39 is 0 Å². The van der Waals surface area contributed by atoms with E-state index in [1.807, 2.05) is 36.4 Å². The van der Waals surface area contributed by atoms with E-state index >= 15 is 0 Å². The molecule has 6 nitrogen and oxygen atoms in total. The highest BCUT2D eigenvalue weighted by Gasteiger charge is 2.17. The quantitative estimate of drug-likeness (QED) is 0.525. The normalized spacial score (nSPS) is 15.6. The summed E-state index contributed by atoms with van der Waals surface area (Å²) in [5, 5.41) is 6.00. The number of para-hydroxylation sites is 2. The molecule has 1 aliphatic rings. The minimum atomic E-state index is -0.315. The van der Waals surface area contributed by atoms with E-state index in [1.54, 1.807) is 18.2 Å². The summed E-state index contributed by atoms with van der Waals surface area (Å²) >= 11 is 5.21. The third-order valence-electron chi connectivity index (χ3n) is 4.23. The molecule has 0 unspecified atom stereocenters. The lowest BCUT2D eigenvalue weighted by molar-refractivity contribution is 0.0968. The first-order chi connectivity index (χ1) is 13.7. The highest BCUT2D eigenvalue weighted by atomic mass is 32.1. The zero-order valence-corrected chi connectivity index (χ0v) is 16.4. The molecular weight excluding hydrogens is 376 g/mol. The molecule has 7 heteroatoms. The van der Waals surface area contributed by atoms with Crippen LogP contribution in [-0.2, 0) is 4.74 Å². The molecule has 0 spiro atoms. The molecule has 1 heterocycles. The molecule has 0 radical (unpaired) electrons. The summed E-state index contributed by atoms with van der Waals surface area (Å²) in [7, 11) is 0. The number of carbonyl (C=O) groups is 1. The molecular formula is C21H24N2O4S. The van der Waals surface area contributed by atoms with Crippen LogP contribution < -0.4 is 20.1 Å². The van der Waals surface area contributed by atoms with Gasteiger partial charge in [0.1, 0.15) is 24.7 Å². The fraction of sp³-hybridized carbons (Fsp3) is 0.333. The first-order valence-corrected chi connectivity index (χ1v) is 9.73. The van der Waals surface area contributed by atoms with Crippen molar-refractivity contribution in [1.29, 1.82) is 0 Å². The lowest BCUT2D eigenvalue weighted by Crippen LogP contribution is -2.42. The number of thiocarbonyl (C=S) groups is 1. The topological polar surface area (TPSA) is 68.8 Å². The summed E-state index contributed by atoms with van der Waals surface area (Å²) in [6.45, 7) is 2.07. The average Bonchev–Trinajstić information content (AvgIpc) is 3.24. The Hall–Kier alpha value is -2.64. The van der Waals surface area contributed by atoms with Gasteiger partial charge in [-0.15, -0.1) is 0 Å². The van der Waals surface area contributed by atoms with Crippen LogP contribution in [0.25, 0.3) is 0 Å². The molecule has 0 aliphatic carbocycles. The van der Waals surface area contributed by atoms with E-state index in [9.17, 15) is 4.79 Å². The van der Waals surface area contributed by atoms with Gasteiger partial charge in [0.15, 0.2) is 5.11 Å². The number of hydrogen-bond acceptors (Lipinski definition) is 5. The van der Waals surface area contributed by atoms with Gasteiger partial charge in [0.2, 0.25) is 0 Å². The average molecular weight is 401 g/mol. The summed E-state index contributed by atoms with van der Waals surface area (Å²) in [4.78, 5) is 12.5. The Morgan fingerprint density at radius 3 is 2.61 bits per heavy atom. The zero-order chi connectivity index (χ0) is 19.6. The molecule has 1 aliphatic heterocycles. The van der Waals surface area contributed by atoms with Crippen molar-refractivity contribution in [2.45, 2.75) is 18.9 Å². The van der Waals surface area contributed by atoms with Crippen LogP contribution in [0, 0.1) is 0 Å². The third kappa shape index (κ3) is 6.21. The molecule has 1 amide bonds. The third-order valence-corrected chi connectivity index (χ3v) is 4.47. The standard InChI is InChI=1S/C21H24N2O4S/c24-20(23-21(28)22-15-17-9-6-12-25-17)18-10-4-5-11-19(18)27-14-13-26-16-7-2-1-3-8-16/h1-5,7-8,10-11,17H,6,9,12-15H2,(H2,22,23,24,28)/t17-/m1/s1. The van der Waals surface area contributed by atoms with Crippen LogP contribution in [0.2, 0.25) is 0 Å². The summed E-state index contributed by atoms with van der Waals surface area (Å²) in [5.74, 6) is 0.947. The van der Waals surface area contributed by atoms with Crippen LogP contribution in [-0.4, -0.2) is 43.5 Å². The number of hydrogen-bond donors (Lipinski definition) is 2. The van der Waals surface area contributed by atoms with Crippen molar-refractivity contribution in [2.75, 3.05) is 26.4 Å². The minimum absolute atomic E-state index is 0.148. The molecule has 0 saturated carbocycles. The van der Waals surface area contributed by atoms with Gasteiger partial charge in [0, 0.05) is 13.2 Å². The maximum atomic E-state index is 12.5. The van der Waals surface area contributed by atoms with Crippen molar-refractivity contribution in [2.24, 2.45) is 0 Å².